The normalized spacial score (nSPS) is 13.2. The minimum Gasteiger partial charge on any atom is -0.468 e. The van der Waals surface area contributed by atoms with Gasteiger partial charge in [0.25, 0.3) is 0 Å². The fraction of sp³-hybridized carbons (Fsp3) is 0.567. The lowest BCUT2D eigenvalue weighted by Crippen LogP contribution is -2.56. The topological polar surface area (TPSA) is 157 Å². The standard InChI is InChI=1S/C30H44N4O7/c1-9-21-12-14-22(15-13-21)26(27(37)32-18-25(36)40-8)34(20(4)11-10-19(2)3)28(38)23(16-17-24(31)35)33-29(39)41-30(5,6)7/h1,12-15,19-20,23,26H,10-11,16-18H2,2-8H3,(H2,31,35)(H,32,37)(H,33,39). The fourth-order valence-electron chi connectivity index (χ4n) is 4.01. The van der Waals surface area contributed by atoms with E-state index in [1.165, 1.54) is 12.0 Å². The molecule has 4 N–H and O–H groups in total. The molecule has 0 aliphatic rings. The second-order valence-corrected chi connectivity index (χ2v) is 11.2. The van der Waals surface area contributed by atoms with Gasteiger partial charge < -0.3 is 30.7 Å². The number of methoxy groups -OCH3 is 1. The summed E-state index contributed by atoms with van der Waals surface area (Å²) in [6, 6.07) is 3.60. The van der Waals surface area contributed by atoms with Gasteiger partial charge in [0, 0.05) is 18.0 Å². The zero-order valence-electron chi connectivity index (χ0n) is 25.1. The fourth-order valence-corrected chi connectivity index (χ4v) is 4.01. The number of ether oxygens (including phenoxy) is 2. The molecule has 41 heavy (non-hydrogen) atoms. The van der Waals surface area contributed by atoms with Crippen LogP contribution in [0.25, 0.3) is 0 Å². The summed E-state index contributed by atoms with van der Waals surface area (Å²) in [5.74, 6) is 0.234. The molecule has 11 heteroatoms. The number of amides is 4. The van der Waals surface area contributed by atoms with Crippen LogP contribution in [0.4, 0.5) is 4.79 Å². The Hall–Kier alpha value is -4.07. The molecule has 4 amide bonds. The summed E-state index contributed by atoms with van der Waals surface area (Å²) in [5.41, 5.74) is 5.52. The number of carbonyl (C=O) groups is 5. The van der Waals surface area contributed by atoms with Crippen molar-refractivity contribution >= 4 is 29.8 Å². The van der Waals surface area contributed by atoms with Crippen molar-refractivity contribution < 1.29 is 33.4 Å². The zero-order chi connectivity index (χ0) is 31.3. The molecule has 0 radical (unpaired) electrons. The number of nitrogens with one attached hydrogen (secondary N) is 2. The predicted molar refractivity (Wildman–Crippen MR) is 154 cm³/mol. The van der Waals surface area contributed by atoms with Gasteiger partial charge in [-0.15, -0.1) is 6.42 Å². The number of nitrogens with zero attached hydrogens (tertiary/aromatic N) is 1. The molecule has 0 spiro atoms. The molecule has 3 atom stereocenters. The molecule has 1 rings (SSSR count). The number of terminal acetylenes is 1. The average molecular weight is 573 g/mol. The summed E-state index contributed by atoms with van der Waals surface area (Å²) in [4.78, 5) is 65.5. The third kappa shape index (κ3) is 12.3. The zero-order valence-corrected chi connectivity index (χ0v) is 25.1. The summed E-state index contributed by atoms with van der Waals surface area (Å²) in [5, 5.41) is 5.10. The van der Waals surface area contributed by atoms with Crippen LogP contribution < -0.4 is 16.4 Å². The lowest BCUT2D eigenvalue weighted by Gasteiger charge is -2.38. The van der Waals surface area contributed by atoms with Gasteiger partial charge in [-0.25, -0.2) is 4.79 Å². The summed E-state index contributed by atoms with van der Waals surface area (Å²) >= 11 is 0. The Bertz CT molecular complexity index is 1100. The molecule has 226 valence electrons. The molecular weight excluding hydrogens is 528 g/mol. The maximum Gasteiger partial charge on any atom is 0.408 e. The Kier molecular flexibility index (Phi) is 13.9. The van der Waals surface area contributed by atoms with Crippen molar-refractivity contribution in [1.82, 2.24) is 15.5 Å². The van der Waals surface area contributed by atoms with E-state index in [0.29, 0.717) is 23.5 Å². The second-order valence-electron chi connectivity index (χ2n) is 11.2. The van der Waals surface area contributed by atoms with E-state index in [4.69, 9.17) is 16.9 Å². The van der Waals surface area contributed by atoms with Crippen LogP contribution in [0, 0.1) is 18.3 Å². The maximum absolute atomic E-state index is 14.3. The number of esters is 1. The van der Waals surface area contributed by atoms with Gasteiger partial charge in [0.1, 0.15) is 24.2 Å². The second kappa shape index (κ2) is 16.3. The van der Waals surface area contributed by atoms with Crippen molar-refractivity contribution in [2.24, 2.45) is 11.7 Å². The first-order valence-electron chi connectivity index (χ1n) is 13.6. The van der Waals surface area contributed by atoms with Crippen LogP contribution in [-0.2, 0) is 28.7 Å². The van der Waals surface area contributed by atoms with Crippen LogP contribution in [-0.4, -0.2) is 66.0 Å². The van der Waals surface area contributed by atoms with E-state index < -0.39 is 60.1 Å². The van der Waals surface area contributed by atoms with E-state index in [1.54, 1.807) is 52.0 Å². The molecule has 1 aromatic rings. The number of primary amides is 1. The highest BCUT2D eigenvalue weighted by Gasteiger charge is 2.39. The van der Waals surface area contributed by atoms with Gasteiger partial charge in [-0.3, -0.25) is 19.2 Å². The highest BCUT2D eigenvalue weighted by Crippen LogP contribution is 2.28. The van der Waals surface area contributed by atoms with Crippen molar-refractivity contribution in [2.75, 3.05) is 13.7 Å². The van der Waals surface area contributed by atoms with E-state index in [0.717, 1.165) is 6.42 Å². The first-order valence-corrected chi connectivity index (χ1v) is 13.6. The summed E-state index contributed by atoms with van der Waals surface area (Å²) < 4.78 is 10.0. The van der Waals surface area contributed by atoms with Gasteiger partial charge in [0.15, 0.2) is 0 Å². The summed E-state index contributed by atoms with van der Waals surface area (Å²) in [6.45, 7) is 10.5. The molecule has 0 saturated carbocycles. The molecular formula is C30H44N4O7. The molecule has 0 saturated heterocycles. The van der Waals surface area contributed by atoms with Crippen molar-refractivity contribution in [3.8, 4) is 12.3 Å². The Morgan fingerprint density at radius 3 is 2.12 bits per heavy atom. The third-order valence-electron chi connectivity index (χ3n) is 6.11. The van der Waals surface area contributed by atoms with E-state index in [-0.39, 0.29) is 12.8 Å². The van der Waals surface area contributed by atoms with Crippen LogP contribution in [0.15, 0.2) is 24.3 Å². The molecule has 0 bridgehead atoms. The quantitative estimate of drug-likeness (QED) is 0.228. The molecule has 1 aromatic carbocycles. The minimum atomic E-state index is -1.24. The number of benzene rings is 1. The first-order chi connectivity index (χ1) is 19.1. The van der Waals surface area contributed by atoms with E-state index >= 15 is 0 Å². The van der Waals surface area contributed by atoms with Crippen LogP contribution >= 0.6 is 0 Å². The van der Waals surface area contributed by atoms with Crippen molar-refractivity contribution in [3.05, 3.63) is 35.4 Å². The van der Waals surface area contributed by atoms with Gasteiger partial charge in [-0.1, -0.05) is 31.9 Å². The van der Waals surface area contributed by atoms with E-state index in [1.807, 2.05) is 13.8 Å². The van der Waals surface area contributed by atoms with Gasteiger partial charge in [0.05, 0.1) is 7.11 Å². The molecule has 0 aromatic heterocycles. The van der Waals surface area contributed by atoms with E-state index in [2.05, 4.69) is 21.3 Å². The highest BCUT2D eigenvalue weighted by molar-refractivity contribution is 5.93. The molecule has 0 aliphatic heterocycles. The van der Waals surface area contributed by atoms with Crippen LogP contribution in [0.3, 0.4) is 0 Å². The number of rotatable bonds is 14. The Balaban J connectivity index is 3.67. The number of hydrogen-bond donors (Lipinski definition) is 3. The van der Waals surface area contributed by atoms with Crippen molar-refractivity contribution in [1.29, 1.82) is 0 Å². The van der Waals surface area contributed by atoms with E-state index in [9.17, 15) is 24.0 Å². The largest absolute Gasteiger partial charge is 0.468 e. The lowest BCUT2D eigenvalue weighted by atomic mass is 9.96. The first kappa shape index (κ1) is 35.0. The molecule has 0 heterocycles. The van der Waals surface area contributed by atoms with Crippen LogP contribution in [0.5, 0.6) is 0 Å². The number of carbonyl (C=O) groups excluding carboxylic acids is 5. The average Bonchev–Trinajstić information content (AvgIpc) is 2.89. The van der Waals surface area contributed by atoms with Crippen molar-refractivity contribution in [3.63, 3.8) is 0 Å². The minimum absolute atomic E-state index is 0.118. The Labute approximate surface area is 242 Å². The summed E-state index contributed by atoms with van der Waals surface area (Å²) in [6.07, 6.45) is 5.60. The number of alkyl carbamates (subject to hydrolysis) is 1. The Morgan fingerprint density at radius 2 is 1.63 bits per heavy atom. The lowest BCUT2D eigenvalue weighted by molar-refractivity contribution is -0.146. The number of nitrogens with two attached hydrogens (primary N) is 1. The Morgan fingerprint density at radius 1 is 1.02 bits per heavy atom. The van der Waals surface area contributed by atoms with Gasteiger partial charge in [0.2, 0.25) is 17.7 Å². The number of hydrogen-bond acceptors (Lipinski definition) is 7. The molecule has 0 fully saturated rings. The van der Waals surface area contributed by atoms with Gasteiger partial charge >= 0.3 is 12.1 Å². The van der Waals surface area contributed by atoms with Crippen LogP contribution in [0.1, 0.15) is 84.4 Å². The predicted octanol–water partition coefficient (Wildman–Crippen LogP) is 2.81. The highest BCUT2D eigenvalue weighted by atomic mass is 16.6. The van der Waals surface area contributed by atoms with Crippen molar-refractivity contribution in [2.45, 2.75) is 91.0 Å². The molecule has 0 aliphatic carbocycles. The van der Waals surface area contributed by atoms with Gasteiger partial charge in [-0.2, -0.15) is 0 Å². The summed E-state index contributed by atoms with van der Waals surface area (Å²) in [7, 11) is 1.19. The third-order valence-corrected chi connectivity index (χ3v) is 6.11. The molecule has 11 nitrogen and oxygen atoms in total. The molecule has 3 unspecified atom stereocenters. The van der Waals surface area contributed by atoms with Crippen LogP contribution in [0.2, 0.25) is 0 Å². The smallest absolute Gasteiger partial charge is 0.408 e. The maximum atomic E-state index is 14.3. The monoisotopic (exact) mass is 572 g/mol. The SMILES string of the molecule is C#Cc1ccc(C(C(=O)NCC(=O)OC)N(C(=O)C(CCC(N)=O)NC(=O)OC(C)(C)C)C(C)CCC(C)C)cc1. The van der Waals surface area contributed by atoms with Gasteiger partial charge in [-0.05, 0) is 70.6 Å².